The molecular weight excluding hydrogens is 188 g/mol. The van der Waals surface area contributed by atoms with E-state index in [1.165, 1.54) is 0 Å². The Bertz CT molecular complexity index is 230. The van der Waals surface area contributed by atoms with Gasteiger partial charge < -0.3 is 4.90 Å². The van der Waals surface area contributed by atoms with Gasteiger partial charge in [-0.2, -0.15) is 0 Å². The Morgan fingerprint density at radius 3 is 2.85 bits per heavy atom. The number of likely N-dealkylation sites (tertiary alicyclic amines) is 1. The van der Waals surface area contributed by atoms with Gasteiger partial charge in [-0.1, -0.05) is 18.2 Å². The molecule has 0 radical (unpaired) electrons. The minimum atomic E-state index is -0.0134. The summed E-state index contributed by atoms with van der Waals surface area (Å²) in [7, 11) is 3.72. The Morgan fingerprint density at radius 1 is 1.85 bits per heavy atom. The molecule has 0 aromatic carbocycles. The van der Waals surface area contributed by atoms with Crippen molar-refractivity contribution in [2.24, 2.45) is 0 Å². The predicted octanol–water partition coefficient (Wildman–Crippen LogP) is 0.901. The molecule has 3 nitrogen and oxygen atoms in total. The fourth-order valence-corrected chi connectivity index (χ4v) is 1.78. The maximum atomic E-state index is 11.5. The second-order valence-corrected chi connectivity index (χ2v) is 4.03. The van der Waals surface area contributed by atoms with Crippen LogP contribution >= 0.6 is 11.6 Å². The van der Waals surface area contributed by atoms with Crippen LogP contribution in [-0.4, -0.2) is 48.9 Å². The average molecular weight is 203 g/mol. The van der Waals surface area contributed by atoms with Crippen LogP contribution in [0.5, 0.6) is 0 Å². The SMILES string of the molecule is C=C(Cl)CN(C)[C@H]1CCN(C)C1=O. The third kappa shape index (κ3) is 2.45. The highest BCUT2D eigenvalue weighted by Crippen LogP contribution is 2.15. The largest absolute Gasteiger partial charge is 0.344 e. The fourth-order valence-electron chi connectivity index (χ4n) is 1.59. The van der Waals surface area contributed by atoms with Crippen molar-refractivity contribution >= 4 is 17.5 Å². The Morgan fingerprint density at radius 2 is 2.46 bits per heavy atom. The summed E-state index contributed by atoms with van der Waals surface area (Å²) in [5, 5.41) is 0.574. The van der Waals surface area contributed by atoms with Crippen LogP contribution in [0.3, 0.4) is 0 Å². The molecule has 0 aromatic rings. The molecule has 13 heavy (non-hydrogen) atoms. The van der Waals surface area contributed by atoms with Gasteiger partial charge in [0.25, 0.3) is 0 Å². The lowest BCUT2D eigenvalue weighted by Gasteiger charge is -2.21. The van der Waals surface area contributed by atoms with Gasteiger partial charge in [-0.05, 0) is 13.5 Å². The molecule has 1 rings (SSSR count). The number of nitrogens with zero attached hydrogens (tertiary/aromatic N) is 2. The van der Waals surface area contributed by atoms with Gasteiger partial charge >= 0.3 is 0 Å². The Labute approximate surface area is 83.9 Å². The van der Waals surface area contributed by atoms with Gasteiger partial charge in [-0.15, -0.1) is 0 Å². The lowest BCUT2D eigenvalue weighted by molar-refractivity contribution is -0.130. The standard InChI is InChI=1S/C9H15ClN2O/c1-7(10)6-12(3)8-4-5-11(2)9(8)13/h8H,1,4-6H2,2-3H3/t8-/m0/s1. The van der Waals surface area contributed by atoms with Crippen molar-refractivity contribution in [2.75, 3.05) is 27.2 Å². The van der Waals surface area contributed by atoms with Crippen molar-refractivity contribution in [1.29, 1.82) is 0 Å². The molecule has 1 aliphatic rings. The van der Waals surface area contributed by atoms with Gasteiger partial charge in [-0.25, -0.2) is 0 Å². The Kier molecular flexibility index (Phi) is 3.33. The highest BCUT2D eigenvalue weighted by molar-refractivity contribution is 6.29. The van der Waals surface area contributed by atoms with E-state index in [1.807, 2.05) is 19.0 Å². The van der Waals surface area contributed by atoms with E-state index in [2.05, 4.69) is 6.58 Å². The van der Waals surface area contributed by atoms with E-state index in [9.17, 15) is 4.79 Å². The molecule has 4 heteroatoms. The molecule has 1 fully saturated rings. The molecule has 1 atom stereocenters. The summed E-state index contributed by atoms with van der Waals surface area (Å²) < 4.78 is 0. The Hall–Kier alpha value is -0.540. The highest BCUT2D eigenvalue weighted by Gasteiger charge is 2.31. The lowest BCUT2D eigenvalue weighted by atomic mass is 10.2. The van der Waals surface area contributed by atoms with E-state index in [1.54, 1.807) is 4.90 Å². The van der Waals surface area contributed by atoms with E-state index >= 15 is 0 Å². The third-order valence-corrected chi connectivity index (χ3v) is 2.47. The van der Waals surface area contributed by atoms with E-state index in [4.69, 9.17) is 11.6 Å². The van der Waals surface area contributed by atoms with Gasteiger partial charge in [0.1, 0.15) is 0 Å². The highest BCUT2D eigenvalue weighted by atomic mass is 35.5. The monoisotopic (exact) mass is 202 g/mol. The first-order chi connectivity index (χ1) is 6.02. The van der Waals surface area contributed by atoms with Crippen LogP contribution in [0.4, 0.5) is 0 Å². The molecule has 0 unspecified atom stereocenters. The summed E-state index contributed by atoms with van der Waals surface area (Å²) in [6, 6.07) is -0.0134. The van der Waals surface area contributed by atoms with Gasteiger partial charge in [0, 0.05) is 25.2 Å². The molecule has 0 bridgehead atoms. The number of carbonyl (C=O) groups excluding carboxylic acids is 1. The summed E-state index contributed by atoms with van der Waals surface area (Å²) >= 11 is 5.67. The first-order valence-corrected chi connectivity index (χ1v) is 4.68. The Balaban J connectivity index is 2.53. The van der Waals surface area contributed by atoms with Gasteiger partial charge in [-0.3, -0.25) is 9.69 Å². The molecule has 1 aliphatic heterocycles. The van der Waals surface area contributed by atoms with E-state index < -0.39 is 0 Å². The normalized spacial score (nSPS) is 22.9. The zero-order valence-corrected chi connectivity index (χ0v) is 8.84. The average Bonchev–Trinajstić information content (AvgIpc) is 2.31. The number of rotatable bonds is 3. The molecule has 0 spiro atoms. The van der Waals surface area contributed by atoms with E-state index in [-0.39, 0.29) is 11.9 Å². The zero-order valence-electron chi connectivity index (χ0n) is 8.09. The topological polar surface area (TPSA) is 23.6 Å². The van der Waals surface area contributed by atoms with Crippen LogP contribution in [0.25, 0.3) is 0 Å². The van der Waals surface area contributed by atoms with Crippen LogP contribution in [0, 0.1) is 0 Å². The number of hydrogen-bond donors (Lipinski definition) is 0. The lowest BCUT2D eigenvalue weighted by Crippen LogP contribution is -2.39. The smallest absolute Gasteiger partial charge is 0.239 e. The molecule has 0 saturated carbocycles. The molecular formula is C9H15ClN2O. The molecule has 0 aliphatic carbocycles. The maximum Gasteiger partial charge on any atom is 0.239 e. The summed E-state index contributed by atoms with van der Waals surface area (Å²) in [4.78, 5) is 15.2. The molecule has 0 N–H and O–H groups in total. The maximum absolute atomic E-state index is 11.5. The van der Waals surface area contributed by atoms with Crippen LogP contribution < -0.4 is 0 Å². The molecule has 74 valence electrons. The van der Waals surface area contributed by atoms with E-state index in [0.29, 0.717) is 11.6 Å². The van der Waals surface area contributed by atoms with Gasteiger partial charge in [0.15, 0.2) is 0 Å². The summed E-state index contributed by atoms with van der Waals surface area (Å²) in [5.41, 5.74) is 0. The van der Waals surface area contributed by atoms with Crippen LogP contribution in [0.15, 0.2) is 11.6 Å². The van der Waals surface area contributed by atoms with Crippen molar-refractivity contribution in [3.05, 3.63) is 11.6 Å². The number of carbonyl (C=O) groups is 1. The fraction of sp³-hybridized carbons (Fsp3) is 0.667. The van der Waals surface area contributed by atoms with Crippen LogP contribution in [0.2, 0.25) is 0 Å². The minimum absolute atomic E-state index is 0.0134. The molecule has 1 saturated heterocycles. The second kappa shape index (κ2) is 4.11. The summed E-state index contributed by atoms with van der Waals surface area (Å²) in [5.74, 6) is 0.181. The third-order valence-electron chi connectivity index (χ3n) is 2.35. The number of hydrogen-bond acceptors (Lipinski definition) is 2. The van der Waals surface area contributed by atoms with E-state index in [0.717, 1.165) is 13.0 Å². The van der Waals surface area contributed by atoms with Crippen molar-refractivity contribution < 1.29 is 4.79 Å². The zero-order chi connectivity index (χ0) is 10.0. The first-order valence-electron chi connectivity index (χ1n) is 4.31. The van der Waals surface area contributed by atoms with Crippen molar-refractivity contribution in [1.82, 2.24) is 9.80 Å². The molecule has 1 heterocycles. The van der Waals surface area contributed by atoms with Gasteiger partial charge in [0.2, 0.25) is 5.91 Å². The summed E-state index contributed by atoms with van der Waals surface area (Å²) in [6.45, 7) is 5.02. The number of likely N-dealkylation sites (N-methyl/N-ethyl adjacent to an activating group) is 2. The van der Waals surface area contributed by atoms with Crippen LogP contribution in [-0.2, 0) is 4.79 Å². The summed E-state index contributed by atoms with van der Waals surface area (Å²) in [6.07, 6.45) is 0.885. The second-order valence-electron chi connectivity index (χ2n) is 3.50. The van der Waals surface area contributed by atoms with Gasteiger partial charge in [0.05, 0.1) is 6.04 Å². The molecule has 0 aromatic heterocycles. The predicted molar refractivity (Wildman–Crippen MR) is 53.7 cm³/mol. The number of halogens is 1. The molecule has 1 amide bonds. The minimum Gasteiger partial charge on any atom is -0.344 e. The van der Waals surface area contributed by atoms with Crippen molar-refractivity contribution in [3.8, 4) is 0 Å². The van der Waals surface area contributed by atoms with Crippen molar-refractivity contribution in [3.63, 3.8) is 0 Å². The van der Waals surface area contributed by atoms with Crippen LogP contribution in [0.1, 0.15) is 6.42 Å². The van der Waals surface area contributed by atoms with Crippen molar-refractivity contribution in [2.45, 2.75) is 12.5 Å². The number of amides is 1. The quantitative estimate of drug-likeness (QED) is 0.679. The first kappa shape index (κ1) is 10.5.